The van der Waals surface area contributed by atoms with Gasteiger partial charge in [-0.1, -0.05) is 241 Å². The SMILES string of the molecule is CC(C)c1cc(C(C)C)c(B2c3c(cccc3N3c4ccccc4[Si]4(c5ccccc5-c5ccccc54)c4ccccc43)Oc3cccc(N4c5ccccc5[Si]5(c6ccccc6-c6ccccc65)c5ccccc54)c32)c(C(C)C)c1. The average molecular weight is 1070 g/mol. The van der Waals surface area contributed by atoms with Crippen LogP contribution >= 0.6 is 0 Å². The summed E-state index contributed by atoms with van der Waals surface area (Å²) in [6.45, 7) is 14.1. The number of fused-ring (bicyclic) bond motifs is 20. The molecule has 11 aromatic rings. The average Bonchev–Trinajstić information content (AvgIpc) is 4.23. The van der Waals surface area contributed by atoms with Gasteiger partial charge in [-0.05, 0) is 158 Å². The Morgan fingerprint density at radius 3 is 0.889 bits per heavy atom. The summed E-state index contributed by atoms with van der Waals surface area (Å²) >= 11 is 0. The summed E-state index contributed by atoms with van der Waals surface area (Å²) in [4.78, 5) is 5.27. The molecule has 5 aliphatic heterocycles. The second kappa shape index (κ2) is 17.9. The molecule has 0 fully saturated rings. The van der Waals surface area contributed by atoms with E-state index in [0.29, 0.717) is 5.92 Å². The van der Waals surface area contributed by atoms with E-state index in [9.17, 15) is 0 Å². The van der Waals surface area contributed by atoms with Gasteiger partial charge in [0, 0.05) is 34.1 Å². The predicted octanol–water partition coefficient (Wildman–Crippen LogP) is 12.0. The quantitative estimate of drug-likeness (QED) is 0.154. The standard InChI is InChI=1S/C75H61BN2OSi2/c1-47(2)50-45-55(48(3)4)73(56(46-50)49(5)6)76-74-61(77-57-29-11-19-41-69(57)80(70-42-20-12-30-58(70)77)65-37-15-7-25-51(65)52-26-8-16-38-66(52)80)33-23-35-63(74)79-64-36-24-34-62(75(64)76)78-59-31-13-21-43-71(59)81(72-44-22-14-32-60(72)78)67-39-17-9-27-53(67)54-28-10-18-40-68(54)81/h7-49H,1-6H3. The van der Waals surface area contributed by atoms with Crippen LogP contribution < -0.4 is 72.4 Å². The van der Waals surface area contributed by atoms with E-state index < -0.39 is 16.1 Å². The van der Waals surface area contributed by atoms with Crippen molar-refractivity contribution in [3.63, 3.8) is 0 Å². The first-order valence-corrected chi connectivity index (χ1v) is 33.2. The van der Waals surface area contributed by atoms with E-state index in [1.54, 1.807) is 0 Å². The molecule has 388 valence electrons. The minimum Gasteiger partial charge on any atom is -0.458 e. The van der Waals surface area contributed by atoms with E-state index >= 15 is 0 Å². The fourth-order valence-corrected chi connectivity index (χ4v) is 26.8. The molecule has 5 heterocycles. The first-order chi connectivity index (χ1) is 39.7. The van der Waals surface area contributed by atoms with Crippen LogP contribution in [0.1, 0.15) is 76.0 Å². The molecule has 0 radical (unpaired) electrons. The van der Waals surface area contributed by atoms with E-state index in [-0.39, 0.29) is 18.5 Å². The van der Waals surface area contributed by atoms with Crippen LogP contribution in [0.25, 0.3) is 22.3 Å². The largest absolute Gasteiger partial charge is 0.458 e. The van der Waals surface area contributed by atoms with Crippen molar-refractivity contribution in [2.45, 2.75) is 59.3 Å². The van der Waals surface area contributed by atoms with E-state index in [0.717, 1.165) is 22.9 Å². The van der Waals surface area contributed by atoms with Gasteiger partial charge in [-0.25, -0.2) is 0 Å². The van der Waals surface area contributed by atoms with Crippen molar-refractivity contribution in [3.8, 4) is 33.8 Å². The molecule has 0 saturated carbocycles. The molecule has 0 aromatic heterocycles. The van der Waals surface area contributed by atoms with Crippen LogP contribution in [0.2, 0.25) is 0 Å². The van der Waals surface area contributed by atoms with Gasteiger partial charge in [0.1, 0.15) is 11.5 Å². The highest BCUT2D eigenvalue weighted by atomic mass is 28.3. The molecule has 3 nitrogen and oxygen atoms in total. The maximum Gasteiger partial charge on any atom is 0.257 e. The topological polar surface area (TPSA) is 15.7 Å². The fraction of sp³-hybridized carbons (Fsp3) is 0.120. The van der Waals surface area contributed by atoms with Gasteiger partial charge >= 0.3 is 0 Å². The molecule has 0 bridgehead atoms. The third-order valence-corrected chi connectivity index (χ3v) is 28.8. The van der Waals surface area contributed by atoms with Crippen molar-refractivity contribution >= 4 is 115 Å². The summed E-state index contributed by atoms with van der Waals surface area (Å²) in [6.07, 6.45) is 0. The number of hydrogen-bond acceptors (Lipinski definition) is 3. The van der Waals surface area contributed by atoms with Crippen LogP contribution in [0.4, 0.5) is 34.1 Å². The lowest BCUT2D eigenvalue weighted by Gasteiger charge is -2.46. The van der Waals surface area contributed by atoms with Crippen molar-refractivity contribution in [2.24, 2.45) is 0 Å². The first kappa shape index (κ1) is 48.2. The van der Waals surface area contributed by atoms with Crippen LogP contribution in [-0.2, 0) is 0 Å². The van der Waals surface area contributed by atoms with Gasteiger partial charge in [-0.15, -0.1) is 0 Å². The zero-order chi connectivity index (χ0) is 54.5. The van der Waals surface area contributed by atoms with Crippen LogP contribution in [0.15, 0.2) is 243 Å². The Kier molecular flexibility index (Phi) is 10.7. The third kappa shape index (κ3) is 6.40. The van der Waals surface area contributed by atoms with Gasteiger partial charge in [-0.2, -0.15) is 0 Å². The minimum atomic E-state index is -2.85. The van der Waals surface area contributed by atoms with Gasteiger partial charge in [0.2, 0.25) is 0 Å². The van der Waals surface area contributed by atoms with Crippen LogP contribution in [-0.4, -0.2) is 22.9 Å². The summed E-state index contributed by atoms with van der Waals surface area (Å²) in [5.41, 5.74) is 20.6. The number of benzene rings is 11. The molecule has 0 N–H and O–H groups in total. The van der Waals surface area contributed by atoms with Crippen molar-refractivity contribution in [3.05, 3.63) is 259 Å². The molecule has 2 spiro atoms. The molecule has 11 aromatic carbocycles. The molecule has 0 unspecified atom stereocenters. The van der Waals surface area contributed by atoms with Gasteiger partial charge in [0.25, 0.3) is 6.71 Å². The van der Waals surface area contributed by atoms with Crippen molar-refractivity contribution in [1.29, 1.82) is 0 Å². The van der Waals surface area contributed by atoms with Gasteiger partial charge in [-0.3, -0.25) is 0 Å². The second-order valence-electron chi connectivity index (χ2n) is 23.9. The lowest BCUT2D eigenvalue weighted by molar-refractivity contribution is 0.487. The summed E-state index contributed by atoms with van der Waals surface area (Å²) in [6, 6.07) is 93.5. The highest BCUT2D eigenvalue weighted by Gasteiger charge is 2.56. The number of ether oxygens (including phenoxy) is 1. The number of hydrogen-bond donors (Lipinski definition) is 0. The Labute approximate surface area is 478 Å². The molecule has 81 heavy (non-hydrogen) atoms. The van der Waals surface area contributed by atoms with Crippen LogP contribution in [0.5, 0.6) is 11.5 Å². The Morgan fingerprint density at radius 2 is 0.580 bits per heavy atom. The summed E-state index contributed by atoms with van der Waals surface area (Å²) in [5.74, 6) is 2.63. The predicted molar refractivity (Wildman–Crippen MR) is 348 cm³/mol. The highest BCUT2D eigenvalue weighted by Crippen LogP contribution is 2.46. The smallest absolute Gasteiger partial charge is 0.257 e. The third-order valence-electron chi connectivity index (χ3n) is 18.9. The van der Waals surface area contributed by atoms with Gasteiger partial charge in [0.15, 0.2) is 16.1 Å². The number of rotatable bonds is 6. The summed E-state index contributed by atoms with van der Waals surface area (Å²) in [7, 11) is -5.70. The second-order valence-corrected chi connectivity index (χ2v) is 31.2. The van der Waals surface area contributed by atoms with E-state index in [4.69, 9.17) is 4.74 Å². The molecule has 6 heteroatoms. The molecular formula is C75H61BN2OSi2. The van der Waals surface area contributed by atoms with Gasteiger partial charge in [0.05, 0.1) is 0 Å². The van der Waals surface area contributed by atoms with Crippen molar-refractivity contribution < 1.29 is 4.74 Å². The van der Waals surface area contributed by atoms with Gasteiger partial charge < -0.3 is 14.5 Å². The summed E-state index contributed by atoms with van der Waals surface area (Å²) in [5, 5.41) is 11.5. The highest BCUT2D eigenvalue weighted by molar-refractivity contribution is 7.24. The minimum absolute atomic E-state index is 0.236. The molecule has 0 atom stereocenters. The van der Waals surface area contributed by atoms with Crippen molar-refractivity contribution in [1.82, 2.24) is 0 Å². The Balaban J connectivity index is 1.00. The molecule has 16 rings (SSSR count). The normalized spacial score (nSPS) is 14.9. The first-order valence-electron chi connectivity index (χ1n) is 29.2. The van der Waals surface area contributed by atoms with E-state index in [1.807, 2.05) is 0 Å². The van der Waals surface area contributed by atoms with E-state index in [1.165, 1.54) is 120 Å². The maximum absolute atomic E-state index is 7.64. The number of anilines is 6. The Hall–Kier alpha value is -8.68. The van der Waals surface area contributed by atoms with Crippen molar-refractivity contribution in [2.75, 3.05) is 9.80 Å². The summed E-state index contributed by atoms with van der Waals surface area (Å²) < 4.78 is 7.64. The molecule has 0 aliphatic carbocycles. The van der Waals surface area contributed by atoms with E-state index in [2.05, 4.69) is 294 Å². The lowest BCUT2D eigenvalue weighted by Crippen LogP contribution is -2.75. The Bertz CT molecular complexity index is 3980. The zero-order valence-electron chi connectivity index (χ0n) is 46.7. The molecule has 0 saturated heterocycles. The maximum atomic E-state index is 7.64. The molecular weight excluding hydrogens is 1010 g/mol. The number of para-hydroxylation sites is 4. The molecule has 5 aliphatic rings. The fourth-order valence-electron chi connectivity index (χ4n) is 15.8. The Morgan fingerprint density at radius 1 is 0.296 bits per heavy atom. The molecule has 0 amide bonds. The zero-order valence-corrected chi connectivity index (χ0v) is 48.7. The monoisotopic (exact) mass is 1070 g/mol. The lowest BCUT2D eigenvalue weighted by atomic mass is 9.33. The van der Waals surface area contributed by atoms with Crippen LogP contribution in [0, 0.1) is 0 Å². The van der Waals surface area contributed by atoms with Crippen LogP contribution in [0.3, 0.4) is 0 Å². The number of nitrogens with zero attached hydrogens (tertiary/aromatic N) is 2.